The van der Waals surface area contributed by atoms with Crippen LogP contribution in [0.4, 0.5) is 0 Å². The quantitative estimate of drug-likeness (QED) is 0.163. The predicted molar refractivity (Wildman–Crippen MR) is 192 cm³/mol. The Morgan fingerprint density at radius 2 is 0.978 bits per heavy atom. The number of benzene rings is 8. The molecule has 0 saturated heterocycles. The summed E-state index contributed by atoms with van der Waals surface area (Å²) in [4.78, 5) is 0. The van der Waals surface area contributed by atoms with Crippen molar-refractivity contribution in [2.24, 2.45) is 0 Å². The molecule has 3 heteroatoms. The van der Waals surface area contributed by atoms with Gasteiger partial charge in [-0.05, 0) is 56.1 Å². The van der Waals surface area contributed by atoms with E-state index in [-0.39, 0.29) is 6.71 Å². The Balaban J connectivity index is 1.38. The van der Waals surface area contributed by atoms with Crippen LogP contribution in [0.3, 0.4) is 0 Å². The standard InChI is InChI=1S/C42H23BN2/c1-2-11-26-22-36-33(21-25(26)10-1)31-16-8-18-35-41(31)44(36)42-29-14-6-4-12-27(29)23-37-38(42)43(35)34-17-7-15-30-32-20-19-24-9-3-5-13-28(24)39(32)45(37)40(30)34/h1-23H. The summed E-state index contributed by atoms with van der Waals surface area (Å²) in [6.45, 7) is 0.140. The summed E-state index contributed by atoms with van der Waals surface area (Å²) in [6, 6.07) is 52.5. The third-order valence-electron chi connectivity index (χ3n) is 10.8. The van der Waals surface area contributed by atoms with Crippen molar-refractivity contribution in [1.29, 1.82) is 0 Å². The molecule has 2 aliphatic heterocycles. The zero-order valence-corrected chi connectivity index (χ0v) is 24.3. The molecule has 0 radical (unpaired) electrons. The van der Waals surface area contributed by atoms with Gasteiger partial charge in [-0.1, -0.05) is 121 Å². The molecule has 10 aromatic rings. The van der Waals surface area contributed by atoms with Gasteiger partial charge in [-0.3, -0.25) is 0 Å². The maximum absolute atomic E-state index is 2.61. The topological polar surface area (TPSA) is 9.86 Å². The molecule has 2 nitrogen and oxygen atoms in total. The minimum Gasteiger partial charge on any atom is -0.310 e. The summed E-state index contributed by atoms with van der Waals surface area (Å²) in [5.41, 5.74) is 12.1. The van der Waals surface area contributed by atoms with E-state index in [1.807, 2.05) is 0 Å². The summed E-state index contributed by atoms with van der Waals surface area (Å²) in [7, 11) is 0. The van der Waals surface area contributed by atoms with Crippen LogP contribution in [0.2, 0.25) is 0 Å². The number of aromatic nitrogens is 2. The van der Waals surface area contributed by atoms with E-state index in [2.05, 4.69) is 149 Å². The molecule has 4 heterocycles. The zero-order valence-electron chi connectivity index (χ0n) is 24.3. The van der Waals surface area contributed by atoms with Gasteiger partial charge >= 0.3 is 0 Å². The van der Waals surface area contributed by atoms with Crippen LogP contribution >= 0.6 is 0 Å². The number of para-hydroxylation sites is 2. The van der Waals surface area contributed by atoms with Gasteiger partial charge in [0.1, 0.15) is 0 Å². The van der Waals surface area contributed by atoms with Crippen LogP contribution in [0.25, 0.3) is 87.3 Å². The monoisotopic (exact) mass is 566 g/mol. The first-order valence-corrected chi connectivity index (χ1v) is 15.8. The lowest BCUT2D eigenvalue weighted by Crippen LogP contribution is -2.59. The van der Waals surface area contributed by atoms with Crippen LogP contribution < -0.4 is 16.4 Å². The van der Waals surface area contributed by atoms with E-state index in [1.54, 1.807) is 0 Å². The molecule has 0 amide bonds. The number of rotatable bonds is 0. The summed E-state index contributed by atoms with van der Waals surface area (Å²) < 4.78 is 5.22. The summed E-state index contributed by atoms with van der Waals surface area (Å²) in [6.07, 6.45) is 0. The third-order valence-corrected chi connectivity index (χ3v) is 10.8. The minimum absolute atomic E-state index is 0.140. The van der Waals surface area contributed by atoms with E-state index in [0.29, 0.717) is 0 Å². The molecule has 0 fully saturated rings. The van der Waals surface area contributed by atoms with Crippen molar-refractivity contribution in [3.8, 4) is 11.4 Å². The summed E-state index contributed by atoms with van der Waals surface area (Å²) >= 11 is 0. The van der Waals surface area contributed by atoms with Gasteiger partial charge in [0.15, 0.2) is 0 Å². The predicted octanol–water partition coefficient (Wildman–Crippen LogP) is 8.48. The van der Waals surface area contributed by atoms with Gasteiger partial charge < -0.3 is 9.13 Å². The molecule has 0 spiro atoms. The Morgan fingerprint density at radius 1 is 0.378 bits per heavy atom. The second kappa shape index (κ2) is 7.64. The maximum atomic E-state index is 2.61. The van der Waals surface area contributed by atoms with Gasteiger partial charge in [0, 0.05) is 49.0 Å². The van der Waals surface area contributed by atoms with E-state index in [4.69, 9.17) is 0 Å². The Morgan fingerprint density at radius 3 is 1.78 bits per heavy atom. The number of hydrogen-bond donors (Lipinski definition) is 0. The molecule has 0 N–H and O–H groups in total. The second-order valence-electron chi connectivity index (χ2n) is 12.9. The molecule has 2 aliphatic rings. The van der Waals surface area contributed by atoms with E-state index >= 15 is 0 Å². The minimum atomic E-state index is 0.140. The van der Waals surface area contributed by atoms with E-state index in [0.717, 1.165) is 0 Å². The fourth-order valence-corrected chi connectivity index (χ4v) is 9.09. The van der Waals surface area contributed by atoms with Crippen molar-refractivity contribution < 1.29 is 0 Å². The van der Waals surface area contributed by atoms with Crippen LogP contribution in [0.1, 0.15) is 0 Å². The highest BCUT2D eigenvalue weighted by Crippen LogP contribution is 2.43. The van der Waals surface area contributed by atoms with Crippen LogP contribution in [0.5, 0.6) is 0 Å². The normalized spacial score (nSPS) is 13.3. The van der Waals surface area contributed by atoms with Crippen molar-refractivity contribution in [3.63, 3.8) is 0 Å². The third kappa shape index (κ3) is 2.55. The molecule has 0 aliphatic carbocycles. The number of hydrogen-bond acceptors (Lipinski definition) is 0. The molecule has 0 saturated carbocycles. The average Bonchev–Trinajstić information content (AvgIpc) is 3.61. The Hall–Kier alpha value is -5.80. The second-order valence-corrected chi connectivity index (χ2v) is 12.9. The molecule has 0 unspecified atom stereocenters. The van der Waals surface area contributed by atoms with E-state index in [1.165, 1.54) is 104 Å². The summed E-state index contributed by atoms with van der Waals surface area (Å²) in [5, 5.41) is 13.0. The summed E-state index contributed by atoms with van der Waals surface area (Å²) in [5.74, 6) is 0. The fourth-order valence-electron chi connectivity index (χ4n) is 9.09. The van der Waals surface area contributed by atoms with Crippen molar-refractivity contribution >= 4 is 99.0 Å². The molecule has 0 atom stereocenters. The number of fused-ring (bicyclic) bond motifs is 15. The molecular formula is C42H23BN2. The SMILES string of the molecule is c1ccc2cc3c(cc2c1)c1cccc2c1n3-c1c3c(cc4ccccc14)-n1c4c(cccc4c4ccc5ccccc5c41)B32. The first-order valence-electron chi connectivity index (χ1n) is 15.8. The Bertz CT molecular complexity index is 2990. The van der Waals surface area contributed by atoms with Crippen molar-refractivity contribution in [2.45, 2.75) is 0 Å². The zero-order chi connectivity index (χ0) is 29.0. The van der Waals surface area contributed by atoms with Crippen LogP contribution in [-0.2, 0) is 0 Å². The highest BCUT2D eigenvalue weighted by molar-refractivity contribution is 7.00. The van der Waals surface area contributed by atoms with Crippen molar-refractivity contribution in [1.82, 2.24) is 9.13 Å². The van der Waals surface area contributed by atoms with Gasteiger partial charge in [-0.2, -0.15) is 0 Å². The smallest absolute Gasteiger partial charge is 0.252 e. The highest BCUT2D eigenvalue weighted by atomic mass is 15.0. The average molecular weight is 566 g/mol. The van der Waals surface area contributed by atoms with Crippen LogP contribution in [0.15, 0.2) is 140 Å². The van der Waals surface area contributed by atoms with Crippen LogP contribution in [0, 0.1) is 0 Å². The van der Waals surface area contributed by atoms with E-state index < -0.39 is 0 Å². The molecule has 2 aromatic heterocycles. The fraction of sp³-hybridized carbons (Fsp3) is 0. The lowest BCUT2D eigenvalue weighted by atomic mass is 9.34. The molecule has 8 aromatic carbocycles. The Labute approximate surface area is 258 Å². The first kappa shape index (κ1) is 22.7. The molecule has 204 valence electrons. The lowest BCUT2D eigenvalue weighted by Gasteiger charge is -2.34. The van der Waals surface area contributed by atoms with Gasteiger partial charge in [0.05, 0.1) is 16.7 Å². The lowest BCUT2D eigenvalue weighted by molar-refractivity contribution is 1.16. The maximum Gasteiger partial charge on any atom is 0.252 e. The van der Waals surface area contributed by atoms with Gasteiger partial charge in [-0.15, -0.1) is 0 Å². The largest absolute Gasteiger partial charge is 0.310 e. The first-order chi connectivity index (χ1) is 22.3. The van der Waals surface area contributed by atoms with Gasteiger partial charge in [0.2, 0.25) is 0 Å². The Kier molecular flexibility index (Phi) is 3.85. The number of nitrogens with zero attached hydrogens (tertiary/aromatic N) is 2. The van der Waals surface area contributed by atoms with Crippen LogP contribution in [-0.4, -0.2) is 15.8 Å². The van der Waals surface area contributed by atoms with Gasteiger partial charge in [-0.25, -0.2) is 0 Å². The van der Waals surface area contributed by atoms with Crippen molar-refractivity contribution in [2.75, 3.05) is 0 Å². The van der Waals surface area contributed by atoms with Crippen molar-refractivity contribution in [3.05, 3.63) is 140 Å². The molecular weight excluding hydrogens is 543 g/mol. The van der Waals surface area contributed by atoms with E-state index in [9.17, 15) is 0 Å². The molecule has 45 heavy (non-hydrogen) atoms. The highest BCUT2D eigenvalue weighted by Gasteiger charge is 2.41. The molecule has 12 rings (SSSR count). The van der Waals surface area contributed by atoms with Gasteiger partial charge in [0.25, 0.3) is 6.71 Å². The molecule has 0 bridgehead atoms.